The number of H-pyrrole nitrogens is 2. The van der Waals surface area contributed by atoms with Crippen molar-refractivity contribution in [3.05, 3.63) is 80.9 Å². The maximum absolute atomic E-state index is 13.6. The summed E-state index contributed by atoms with van der Waals surface area (Å²) in [5.74, 6) is -0.601. The Morgan fingerprint density at radius 1 is 1.00 bits per heavy atom. The summed E-state index contributed by atoms with van der Waals surface area (Å²) in [5.41, 5.74) is 0.876. The number of piperidine rings is 1. The van der Waals surface area contributed by atoms with E-state index in [1.54, 1.807) is 11.0 Å². The molecule has 2 aromatic heterocycles. The van der Waals surface area contributed by atoms with E-state index >= 15 is 0 Å². The van der Waals surface area contributed by atoms with Crippen LogP contribution in [0.3, 0.4) is 0 Å². The highest BCUT2D eigenvalue weighted by atomic mass is 19.1. The summed E-state index contributed by atoms with van der Waals surface area (Å²) in [4.78, 5) is 45.7. The third-order valence-corrected chi connectivity index (χ3v) is 5.81. The number of fused-ring (bicyclic) bond motifs is 2. The second-order valence-corrected chi connectivity index (χ2v) is 7.60. The molecule has 1 saturated heterocycles. The molecule has 30 heavy (non-hydrogen) atoms. The fraction of sp³-hybridized carbons (Fsp3) is 0.227. The molecule has 0 radical (unpaired) electrons. The van der Waals surface area contributed by atoms with Crippen LogP contribution in [-0.2, 0) is 0 Å². The molecular weight excluding hydrogens is 387 g/mol. The van der Waals surface area contributed by atoms with Crippen LogP contribution in [-0.4, -0.2) is 38.4 Å². The fourth-order valence-corrected chi connectivity index (χ4v) is 4.23. The maximum Gasteiger partial charge on any atom is 0.329 e. The Morgan fingerprint density at radius 2 is 1.77 bits per heavy atom. The Bertz CT molecular complexity index is 1390. The highest BCUT2D eigenvalue weighted by Gasteiger charge is 2.27. The SMILES string of the molecule is O=C(c1ccc2[nH]ccc2c1)N1CCC(n2c(=O)[nH]c3ccc(F)cc3c2=O)CC1. The monoisotopic (exact) mass is 406 g/mol. The van der Waals surface area contributed by atoms with Gasteiger partial charge in [-0.3, -0.25) is 14.2 Å². The van der Waals surface area contributed by atoms with Gasteiger partial charge in [-0.1, -0.05) is 0 Å². The van der Waals surface area contributed by atoms with E-state index < -0.39 is 17.1 Å². The van der Waals surface area contributed by atoms with Gasteiger partial charge in [0.05, 0.1) is 10.9 Å². The first-order valence-corrected chi connectivity index (χ1v) is 9.82. The summed E-state index contributed by atoms with van der Waals surface area (Å²) in [6, 6.07) is 10.8. The molecule has 152 valence electrons. The van der Waals surface area contributed by atoms with Gasteiger partial charge in [0.1, 0.15) is 5.82 Å². The number of rotatable bonds is 2. The van der Waals surface area contributed by atoms with Crippen LogP contribution in [0.2, 0.25) is 0 Å². The highest BCUT2D eigenvalue weighted by molar-refractivity contribution is 5.98. The molecule has 1 aliphatic rings. The van der Waals surface area contributed by atoms with Crippen LogP contribution in [0.5, 0.6) is 0 Å². The molecule has 0 spiro atoms. The molecule has 4 aromatic rings. The normalized spacial score (nSPS) is 15.2. The second-order valence-electron chi connectivity index (χ2n) is 7.60. The van der Waals surface area contributed by atoms with Gasteiger partial charge in [-0.25, -0.2) is 9.18 Å². The van der Waals surface area contributed by atoms with Crippen molar-refractivity contribution in [2.45, 2.75) is 18.9 Å². The number of hydrogen-bond acceptors (Lipinski definition) is 3. The molecule has 0 bridgehead atoms. The van der Waals surface area contributed by atoms with Crippen LogP contribution in [0.15, 0.2) is 58.3 Å². The van der Waals surface area contributed by atoms with Gasteiger partial charge in [0.15, 0.2) is 0 Å². The predicted molar refractivity (Wildman–Crippen MR) is 111 cm³/mol. The van der Waals surface area contributed by atoms with Gasteiger partial charge in [-0.15, -0.1) is 0 Å². The largest absolute Gasteiger partial charge is 0.361 e. The lowest BCUT2D eigenvalue weighted by Crippen LogP contribution is -2.45. The average molecular weight is 406 g/mol. The van der Waals surface area contributed by atoms with Crippen molar-refractivity contribution >= 4 is 27.7 Å². The first-order chi connectivity index (χ1) is 14.5. The minimum Gasteiger partial charge on any atom is -0.361 e. The summed E-state index contributed by atoms with van der Waals surface area (Å²) in [7, 11) is 0. The topological polar surface area (TPSA) is 91.0 Å². The minimum absolute atomic E-state index is 0.0709. The molecule has 2 aromatic carbocycles. The molecular formula is C22H19FN4O3. The number of halogens is 1. The average Bonchev–Trinajstić information content (AvgIpc) is 3.22. The van der Waals surface area contributed by atoms with E-state index in [2.05, 4.69) is 9.97 Å². The number of nitrogens with zero attached hydrogens (tertiary/aromatic N) is 2. The predicted octanol–water partition coefficient (Wildman–Crippen LogP) is 2.79. The molecule has 5 rings (SSSR count). The van der Waals surface area contributed by atoms with Gasteiger partial charge in [-0.05, 0) is 55.3 Å². The highest BCUT2D eigenvalue weighted by Crippen LogP contribution is 2.23. The van der Waals surface area contributed by atoms with Crippen molar-refractivity contribution in [3.63, 3.8) is 0 Å². The van der Waals surface area contributed by atoms with Gasteiger partial charge in [0.2, 0.25) is 0 Å². The lowest BCUT2D eigenvalue weighted by molar-refractivity contribution is 0.0692. The quantitative estimate of drug-likeness (QED) is 0.536. The molecule has 0 atom stereocenters. The number of amides is 1. The summed E-state index contributed by atoms with van der Waals surface area (Å²) in [6.45, 7) is 0.865. The third kappa shape index (κ3) is 3.01. The second kappa shape index (κ2) is 6.98. The van der Waals surface area contributed by atoms with Crippen LogP contribution < -0.4 is 11.2 Å². The number of likely N-dealkylation sites (tertiary alicyclic amines) is 1. The summed E-state index contributed by atoms with van der Waals surface area (Å²) >= 11 is 0. The van der Waals surface area contributed by atoms with Crippen molar-refractivity contribution in [2.75, 3.05) is 13.1 Å². The standard InChI is InChI=1S/C22H19FN4O3/c23-15-2-4-19-17(12-15)21(29)27(22(30)25-19)16-6-9-26(10-7-16)20(28)14-1-3-18-13(11-14)5-8-24-18/h1-5,8,11-12,16,24H,6-7,9-10H2,(H,25,30). The molecule has 0 unspecified atom stereocenters. The summed E-state index contributed by atoms with van der Waals surface area (Å²) in [6.07, 6.45) is 2.78. The molecule has 0 aliphatic carbocycles. The Hall–Kier alpha value is -3.68. The molecule has 3 heterocycles. The van der Waals surface area contributed by atoms with E-state index in [-0.39, 0.29) is 17.3 Å². The maximum atomic E-state index is 13.6. The van der Waals surface area contributed by atoms with Crippen molar-refractivity contribution in [3.8, 4) is 0 Å². The molecule has 7 nitrogen and oxygen atoms in total. The van der Waals surface area contributed by atoms with Crippen molar-refractivity contribution < 1.29 is 9.18 Å². The van der Waals surface area contributed by atoms with Crippen LogP contribution in [0.4, 0.5) is 4.39 Å². The fourth-order valence-electron chi connectivity index (χ4n) is 4.23. The number of aromatic amines is 2. The Morgan fingerprint density at radius 3 is 2.57 bits per heavy atom. The zero-order valence-corrected chi connectivity index (χ0v) is 16.0. The van der Waals surface area contributed by atoms with E-state index in [0.717, 1.165) is 21.5 Å². The zero-order chi connectivity index (χ0) is 20.8. The molecule has 0 saturated carbocycles. The first kappa shape index (κ1) is 18.4. The van der Waals surface area contributed by atoms with E-state index in [1.165, 1.54) is 12.1 Å². The number of aromatic nitrogens is 3. The Kier molecular flexibility index (Phi) is 4.27. The van der Waals surface area contributed by atoms with Crippen LogP contribution in [0.1, 0.15) is 29.2 Å². The van der Waals surface area contributed by atoms with Crippen molar-refractivity contribution in [1.29, 1.82) is 0 Å². The molecule has 1 aliphatic heterocycles. The summed E-state index contributed by atoms with van der Waals surface area (Å²) in [5, 5.41) is 1.12. The molecule has 1 fully saturated rings. The van der Waals surface area contributed by atoms with Crippen LogP contribution >= 0.6 is 0 Å². The Labute approximate surface area is 169 Å². The van der Waals surface area contributed by atoms with E-state index in [4.69, 9.17) is 0 Å². The van der Waals surface area contributed by atoms with Crippen molar-refractivity contribution in [1.82, 2.24) is 19.4 Å². The van der Waals surface area contributed by atoms with E-state index in [1.807, 2.05) is 24.4 Å². The third-order valence-electron chi connectivity index (χ3n) is 5.81. The number of benzene rings is 2. The smallest absolute Gasteiger partial charge is 0.329 e. The van der Waals surface area contributed by atoms with Gasteiger partial charge in [0.25, 0.3) is 11.5 Å². The number of carbonyl (C=O) groups excluding carboxylic acids is 1. The molecule has 1 amide bonds. The molecule has 8 heteroatoms. The van der Waals surface area contributed by atoms with E-state index in [9.17, 15) is 18.8 Å². The van der Waals surface area contributed by atoms with Gasteiger partial charge < -0.3 is 14.9 Å². The van der Waals surface area contributed by atoms with Crippen LogP contribution in [0, 0.1) is 5.82 Å². The van der Waals surface area contributed by atoms with Crippen LogP contribution in [0.25, 0.3) is 21.8 Å². The van der Waals surface area contributed by atoms with Gasteiger partial charge >= 0.3 is 5.69 Å². The minimum atomic E-state index is -0.530. The van der Waals surface area contributed by atoms with Gasteiger partial charge in [0, 0.05) is 41.8 Å². The summed E-state index contributed by atoms with van der Waals surface area (Å²) < 4.78 is 14.7. The van der Waals surface area contributed by atoms with E-state index in [0.29, 0.717) is 37.0 Å². The number of hydrogen-bond donors (Lipinski definition) is 2. The lowest BCUT2D eigenvalue weighted by Gasteiger charge is -2.32. The molecule has 2 N–H and O–H groups in total. The zero-order valence-electron chi connectivity index (χ0n) is 16.0. The van der Waals surface area contributed by atoms with Gasteiger partial charge in [-0.2, -0.15) is 0 Å². The first-order valence-electron chi connectivity index (χ1n) is 9.82. The van der Waals surface area contributed by atoms with Crippen molar-refractivity contribution in [2.24, 2.45) is 0 Å². The number of carbonyl (C=O) groups is 1. The Balaban J connectivity index is 1.38. The number of nitrogens with one attached hydrogen (secondary N) is 2. The lowest BCUT2D eigenvalue weighted by atomic mass is 10.0.